The molecule has 0 heteroatoms. The van der Waals surface area contributed by atoms with Gasteiger partial charge in [-0.25, -0.2) is 0 Å². The van der Waals surface area contributed by atoms with E-state index in [4.69, 9.17) is 0 Å². The highest BCUT2D eigenvalue weighted by molar-refractivity contribution is 5.29. The zero-order valence-corrected chi connectivity index (χ0v) is 10.2. The molecule has 0 amide bonds. The molecular formula is C15H22. The van der Waals surface area contributed by atoms with E-state index in [1.54, 1.807) is 11.1 Å². The maximum Gasteiger partial charge on any atom is -0.0219 e. The zero-order chi connectivity index (χ0) is 10.9. The molecule has 0 aromatic heterocycles. The minimum Gasteiger partial charge on any atom is -0.0622 e. The van der Waals surface area contributed by atoms with Crippen LogP contribution in [0.1, 0.15) is 44.7 Å². The standard InChI is InChI=1S/C15H22/c1-12(2)15(3)10-6-9-13-7-4-5-8-14(13)11-15/h4-5,7-8,12H,6,9-11H2,1-3H3. The number of aryl methyl sites for hydroxylation is 1. The van der Waals surface area contributed by atoms with Crippen molar-refractivity contribution < 1.29 is 0 Å². The van der Waals surface area contributed by atoms with Gasteiger partial charge in [0, 0.05) is 0 Å². The summed E-state index contributed by atoms with van der Waals surface area (Å²) < 4.78 is 0. The highest BCUT2D eigenvalue weighted by atomic mass is 14.4. The Morgan fingerprint density at radius 2 is 1.80 bits per heavy atom. The highest BCUT2D eigenvalue weighted by Gasteiger charge is 2.30. The van der Waals surface area contributed by atoms with Crippen molar-refractivity contribution in [3.05, 3.63) is 35.4 Å². The Labute approximate surface area is 93.7 Å². The molecule has 0 saturated heterocycles. The van der Waals surface area contributed by atoms with Crippen LogP contribution >= 0.6 is 0 Å². The molecule has 1 atom stereocenters. The Bertz CT molecular complexity index is 338. The smallest absolute Gasteiger partial charge is 0.0219 e. The lowest BCUT2D eigenvalue weighted by Crippen LogP contribution is -2.25. The van der Waals surface area contributed by atoms with Crippen molar-refractivity contribution in [1.29, 1.82) is 0 Å². The van der Waals surface area contributed by atoms with Crippen LogP contribution in [0.5, 0.6) is 0 Å². The molecule has 0 aliphatic heterocycles. The molecular weight excluding hydrogens is 180 g/mol. The molecule has 0 heterocycles. The minimum absolute atomic E-state index is 0.507. The molecule has 1 aliphatic carbocycles. The monoisotopic (exact) mass is 202 g/mol. The molecule has 0 spiro atoms. The first-order valence-electron chi connectivity index (χ1n) is 6.18. The van der Waals surface area contributed by atoms with E-state index in [1.165, 1.54) is 25.7 Å². The van der Waals surface area contributed by atoms with Crippen molar-refractivity contribution in [1.82, 2.24) is 0 Å². The van der Waals surface area contributed by atoms with Crippen molar-refractivity contribution in [2.45, 2.75) is 46.5 Å². The van der Waals surface area contributed by atoms with E-state index in [9.17, 15) is 0 Å². The summed E-state index contributed by atoms with van der Waals surface area (Å²) in [6.07, 6.45) is 5.27. The van der Waals surface area contributed by atoms with Gasteiger partial charge in [-0.2, -0.15) is 0 Å². The number of fused-ring (bicyclic) bond motifs is 1. The molecule has 1 unspecified atom stereocenters. The molecule has 1 aliphatic rings. The Balaban J connectivity index is 2.32. The summed E-state index contributed by atoms with van der Waals surface area (Å²) in [5.41, 5.74) is 3.68. The molecule has 82 valence electrons. The van der Waals surface area contributed by atoms with Crippen molar-refractivity contribution in [2.24, 2.45) is 11.3 Å². The maximum atomic E-state index is 2.46. The fourth-order valence-electron chi connectivity index (χ4n) is 2.67. The Morgan fingerprint density at radius 1 is 1.13 bits per heavy atom. The van der Waals surface area contributed by atoms with Gasteiger partial charge in [0.25, 0.3) is 0 Å². The molecule has 15 heavy (non-hydrogen) atoms. The second-order valence-corrected chi connectivity index (χ2v) is 5.61. The summed E-state index contributed by atoms with van der Waals surface area (Å²) in [5.74, 6) is 0.781. The van der Waals surface area contributed by atoms with Crippen molar-refractivity contribution in [3.8, 4) is 0 Å². The topological polar surface area (TPSA) is 0 Å². The number of benzene rings is 1. The van der Waals surface area contributed by atoms with Crippen LogP contribution in [-0.4, -0.2) is 0 Å². The summed E-state index contributed by atoms with van der Waals surface area (Å²) >= 11 is 0. The normalized spacial score (nSPS) is 26.1. The van der Waals surface area contributed by atoms with Gasteiger partial charge in [0.2, 0.25) is 0 Å². The van der Waals surface area contributed by atoms with E-state index >= 15 is 0 Å². The third-order valence-corrected chi connectivity index (χ3v) is 4.30. The third kappa shape index (κ3) is 2.09. The van der Waals surface area contributed by atoms with Gasteiger partial charge in [0.1, 0.15) is 0 Å². The van der Waals surface area contributed by atoms with Gasteiger partial charge in [-0.1, -0.05) is 45.0 Å². The van der Waals surface area contributed by atoms with E-state index in [2.05, 4.69) is 45.0 Å². The minimum atomic E-state index is 0.507. The largest absolute Gasteiger partial charge is 0.0622 e. The van der Waals surface area contributed by atoms with Gasteiger partial charge < -0.3 is 0 Å². The van der Waals surface area contributed by atoms with Crippen LogP contribution < -0.4 is 0 Å². The maximum absolute atomic E-state index is 2.46. The summed E-state index contributed by atoms with van der Waals surface area (Å²) in [5, 5.41) is 0. The average molecular weight is 202 g/mol. The molecule has 2 rings (SSSR count). The predicted molar refractivity (Wildman–Crippen MR) is 66.0 cm³/mol. The quantitative estimate of drug-likeness (QED) is 0.598. The molecule has 0 saturated carbocycles. The summed E-state index contributed by atoms with van der Waals surface area (Å²) in [7, 11) is 0. The lowest BCUT2D eigenvalue weighted by Gasteiger charge is -2.33. The van der Waals surface area contributed by atoms with Gasteiger partial charge in [-0.15, -0.1) is 0 Å². The molecule has 1 aromatic carbocycles. The highest BCUT2D eigenvalue weighted by Crippen LogP contribution is 2.39. The first kappa shape index (κ1) is 10.7. The van der Waals surface area contributed by atoms with Gasteiger partial charge in [0.15, 0.2) is 0 Å². The second-order valence-electron chi connectivity index (χ2n) is 5.61. The molecule has 0 fully saturated rings. The van der Waals surface area contributed by atoms with Gasteiger partial charge in [-0.05, 0) is 48.1 Å². The predicted octanol–water partition coefficient (Wildman–Crippen LogP) is 4.23. The lowest BCUT2D eigenvalue weighted by molar-refractivity contribution is 0.198. The molecule has 0 bridgehead atoms. The summed E-state index contributed by atoms with van der Waals surface area (Å²) in [6, 6.07) is 8.99. The fraction of sp³-hybridized carbons (Fsp3) is 0.600. The number of rotatable bonds is 1. The summed E-state index contributed by atoms with van der Waals surface area (Å²) in [6.45, 7) is 7.20. The Hall–Kier alpha value is -0.780. The molecule has 0 nitrogen and oxygen atoms in total. The van der Waals surface area contributed by atoms with Crippen LogP contribution in [0, 0.1) is 11.3 Å². The van der Waals surface area contributed by atoms with Crippen LogP contribution in [0.25, 0.3) is 0 Å². The van der Waals surface area contributed by atoms with Gasteiger partial charge in [0.05, 0.1) is 0 Å². The SMILES string of the molecule is CC(C)C1(C)CCCc2ccccc2C1. The molecule has 0 radical (unpaired) electrons. The van der Waals surface area contributed by atoms with Crippen LogP contribution in [0.3, 0.4) is 0 Å². The van der Waals surface area contributed by atoms with E-state index in [0.717, 1.165) is 5.92 Å². The zero-order valence-electron chi connectivity index (χ0n) is 10.2. The van der Waals surface area contributed by atoms with E-state index in [1.807, 2.05) is 0 Å². The first-order chi connectivity index (χ1) is 7.12. The third-order valence-electron chi connectivity index (χ3n) is 4.30. The first-order valence-corrected chi connectivity index (χ1v) is 6.18. The Kier molecular flexibility index (Phi) is 2.86. The fourth-order valence-corrected chi connectivity index (χ4v) is 2.67. The average Bonchev–Trinajstić information content (AvgIpc) is 2.36. The van der Waals surface area contributed by atoms with Crippen LogP contribution in [0.4, 0.5) is 0 Å². The lowest BCUT2D eigenvalue weighted by atomic mass is 9.72. The van der Waals surface area contributed by atoms with Crippen molar-refractivity contribution in [2.75, 3.05) is 0 Å². The van der Waals surface area contributed by atoms with E-state index in [-0.39, 0.29) is 0 Å². The molecule has 1 aromatic rings. The number of hydrogen-bond donors (Lipinski definition) is 0. The van der Waals surface area contributed by atoms with Crippen molar-refractivity contribution >= 4 is 0 Å². The van der Waals surface area contributed by atoms with E-state index in [0.29, 0.717) is 5.41 Å². The van der Waals surface area contributed by atoms with E-state index < -0.39 is 0 Å². The van der Waals surface area contributed by atoms with Crippen LogP contribution in [0.2, 0.25) is 0 Å². The summed E-state index contributed by atoms with van der Waals surface area (Å²) in [4.78, 5) is 0. The van der Waals surface area contributed by atoms with Crippen molar-refractivity contribution in [3.63, 3.8) is 0 Å². The molecule has 0 N–H and O–H groups in total. The van der Waals surface area contributed by atoms with Crippen LogP contribution in [0.15, 0.2) is 24.3 Å². The number of hydrogen-bond acceptors (Lipinski definition) is 0. The van der Waals surface area contributed by atoms with Gasteiger partial charge in [-0.3, -0.25) is 0 Å². The Morgan fingerprint density at radius 3 is 2.47 bits per heavy atom. The van der Waals surface area contributed by atoms with Crippen LogP contribution in [-0.2, 0) is 12.8 Å². The second kappa shape index (κ2) is 4.00. The van der Waals surface area contributed by atoms with Gasteiger partial charge >= 0.3 is 0 Å².